The summed E-state index contributed by atoms with van der Waals surface area (Å²) in [5, 5.41) is 8.63. The van der Waals surface area contributed by atoms with E-state index in [0.29, 0.717) is 0 Å². The SMILES string of the molecule is CC(C)(C)ONS(=O)(=O)c1ccc(F)c(C#N)c1. The highest BCUT2D eigenvalue weighted by Crippen LogP contribution is 2.15. The molecule has 1 rings (SSSR count). The molecule has 0 atom stereocenters. The Kier molecular flexibility index (Phi) is 4.06. The quantitative estimate of drug-likeness (QED) is 0.849. The van der Waals surface area contributed by atoms with Crippen molar-refractivity contribution >= 4 is 10.0 Å². The number of hydrogen-bond donors (Lipinski definition) is 1. The molecule has 0 heterocycles. The third kappa shape index (κ3) is 3.77. The second-order valence-electron chi connectivity index (χ2n) is 4.55. The van der Waals surface area contributed by atoms with Gasteiger partial charge in [-0.1, -0.05) is 4.89 Å². The lowest BCUT2D eigenvalue weighted by Crippen LogP contribution is -2.33. The smallest absolute Gasteiger partial charge is 0.262 e. The maximum atomic E-state index is 13.1. The maximum Gasteiger partial charge on any atom is 0.262 e. The maximum absolute atomic E-state index is 13.1. The fraction of sp³-hybridized carbons (Fsp3) is 0.364. The Bertz CT molecular complexity index is 585. The molecule has 98 valence electrons. The van der Waals surface area contributed by atoms with Gasteiger partial charge in [0.15, 0.2) is 0 Å². The van der Waals surface area contributed by atoms with E-state index in [1.807, 2.05) is 4.89 Å². The van der Waals surface area contributed by atoms with Crippen molar-refractivity contribution in [2.75, 3.05) is 0 Å². The molecule has 0 aliphatic rings. The molecule has 1 aromatic rings. The van der Waals surface area contributed by atoms with Crippen LogP contribution in [-0.4, -0.2) is 14.0 Å². The van der Waals surface area contributed by atoms with E-state index in [1.165, 1.54) is 0 Å². The average Bonchev–Trinajstić information content (AvgIpc) is 2.26. The minimum atomic E-state index is -3.93. The van der Waals surface area contributed by atoms with Gasteiger partial charge in [0.1, 0.15) is 11.9 Å². The van der Waals surface area contributed by atoms with Crippen molar-refractivity contribution in [2.24, 2.45) is 0 Å². The summed E-state index contributed by atoms with van der Waals surface area (Å²) < 4.78 is 36.6. The first-order chi connectivity index (χ1) is 8.15. The molecule has 0 saturated carbocycles. The summed E-state index contributed by atoms with van der Waals surface area (Å²) in [6.07, 6.45) is 0. The Balaban J connectivity index is 3.03. The van der Waals surface area contributed by atoms with E-state index in [2.05, 4.69) is 0 Å². The Morgan fingerprint density at radius 3 is 2.50 bits per heavy atom. The molecule has 1 aromatic carbocycles. The highest BCUT2D eigenvalue weighted by Gasteiger charge is 2.20. The first-order valence-corrected chi connectivity index (χ1v) is 6.53. The first kappa shape index (κ1) is 14.6. The number of halogens is 1. The van der Waals surface area contributed by atoms with Gasteiger partial charge in [-0.25, -0.2) is 12.8 Å². The van der Waals surface area contributed by atoms with E-state index >= 15 is 0 Å². The zero-order chi connectivity index (χ0) is 14.0. The molecule has 18 heavy (non-hydrogen) atoms. The number of rotatable bonds is 3. The van der Waals surface area contributed by atoms with Gasteiger partial charge in [0.05, 0.1) is 16.1 Å². The molecule has 0 unspecified atom stereocenters. The third-order valence-electron chi connectivity index (χ3n) is 1.83. The van der Waals surface area contributed by atoms with Gasteiger partial charge in [-0.05, 0) is 39.0 Å². The largest absolute Gasteiger partial charge is 0.281 e. The summed E-state index contributed by atoms with van der Waals surface area (Å²) >= 11 is 0. The zero-order valence-electron chi connectivity index (χ0n) is 10.2. The Morgan fingerprint density at radius 1 is 1.39 bits per heavy atom. The minimum absolute atomic E-state index is 0.232. The van der Waals surface area contributed by atoms with Crippen molar-refractivity contribution in [3.8, 4) is 6.07 Å². The monoisotopic (exact) mass is 272 g/mol. The van der Waals surface area contributed by atoms with Crippen LogP contribution in [0.5, 0.6) is 0 Å². The van der Waals surface area contributed by atoms with Crippen LogP contribution in [0, 0.1) is 17.1 Å². The van der Waals surface area contributed by atoms with E-state index in [9.17, 15) is 12.8 Å². The molecular formula is C11H13FN2O3S. The summed E-state index contributed by atoms with van der Waals surface area (Å²) in [6.45, 7) is 5.00. The van der Waals surface area contributed by atoms with Gasteiger partial charge in [0.25, 0.3) is 10.0 Å². The summed E-state index contributed by atoms with van der Waals surface area (Å²) in [5.41, 5.74) is -1.04. The van der Waals surface area contributed by atoms with Crippen LogP contribution in [0.25, 0.3) is 0 Å². The predicted octanol–water partition coefficient (Wildman–Crippen LogP) is 1.71. The molecule has 0 aliphatic heterocycles. The van der Waals surface area contributed by atoms with Gasteiger partial charge in [-0.2, -0.15) is 5.26 Å². The molecule has 0 radical (unpaired) electrons. The standard InChI is InChI=1S/C11H13FN2O3S/c1-11(2,3)17-14-18(15,16)9-4-5-10(12)8(6-9)7-13/h4-6,14H,1-3H3. The van der Waals surface area contributed by atoms with E-state index in [0.717, 1.165) is 18.2 Å². The third-order valence-corrected chi connectivity index (χ3v) is 3.00. The Morgan fingerprint density at radius 2 is 2.00 bits per heavy atom. The van der Waals surface area contributed by atoms with E-state index in [-0.39, 0.29) is 10.5 Å². The molecular weight excluding hydrogens is 259 g/mol. The van der Waals surface area contributed by atoms with Crippen LogP contribution in [0.15, 0.2) is 23.1 Å². The zero-order valence-corrected chi connectivity index (χ0v) is 11.0. The molecule has 0 amide bonds. The van der Waals surface area contributed by atoms with Crippen LogP contribution in [0.3, 0.4) is 0 Å². The van der Waals surface area contributed by atoms with Crippen LogP contribution in [0.1, 0.15) is 26.3 Å². The Hall–Kier alpha value is -1.49. The van der Waals surface area contributed by atoms with Gasteiger partial charge in [-0.15, -0.1) is 0 Å². The number of nitrogens with zero attached hydrogens (tertiary/aromatic N) is 1. The van der Waals surface area contributed by atoms with Crippen LogP contribution in [0.4, 0.5) is 4.39 Å². The normalized spacial score (nSPS) is 12.2. The van der Waals surface area contributed by atoms with Crippen molar-refractivity contribution < 1.29 is 17.6 Å². The minimum Gasteiger partial charge on any atom is -0.281 e. The van der Waals surface area contributed by atoms with E-state index in [4.69, 9.17) is 10.1 Å². The number of benzene rings is 1. The number of sulfonamides is 1. The van der Waals surface area contributed by atoms with E-state index in [1.54, 1.807) is 26.8 Å². The van der Waals surface area contributed by atoms with E-state index < -0.39 is 21.4 Å². The number of nitriles is 1. The van der Waals surface area contributed by atoms with Gasteiger partial charge in [0.2, 0.25) is 0 Å². The molecule has 0 aliphatic carbocycles. The highest BCUT2D eigenvalue weighted by molar-refractivity contribution is 7.89. The van der Waals surface area contributed by atoms with Gasteiger partial charge in [-0.3, -0.25) is 4.84 Å². The van der Waals surface area contributed by atoms with Crippen LogP contribution in [0.2, 0.25) is 0 Å². The predicted molar refractivity (Wildman–Crippen MR) is 62.3 cm³/mol. The summed E-state index contributed by atoms with van der Waals surface area (Å²) in [6, 6.07) is 4.50. The highest BCUT2D eigenvalue weighted by atomic mass is 32.2. The van der Waals surface area contributed by atoms with Gasteiger partial charge < -0.3 is 0 Å². The summed E-state index contributed by atoms with van der Waals surface area (Å²) in [5.74, 6) is -0.770. The molecule has 0 fully saturated rings. The number of nitrogens with one attached hydrogen (secondary N) is 1. The van der Waals surface area contributed by atoms with Crippen molar-refractivity contribution in [1.29, 1.82) is 5.26 Å². The first-order valence-electron chi connectivity index (χ1n) is 5.05. The van der Waals surface area contributed by atoms with Crippen LogP contribution in [-0.2, 0) is 14.9 Å². The molecule has 7 heteroatoms. The molecule has 0 bridgehead atoms. The summed E-state index contributed by atoms with van der Waals surface area (Å²) in [7, 11) is -3.93. The fourth-order valence-corrected chi connectivity index (χ4v) is 1.96. The van der Waals surface area contributed by atoms with Crippen molar-refractivity contribution in [2.45, 2.75) is 31.3 Å². The molecule has 0 aromatic heterocycles. The number of hydrogen-bond acceptors (Lipinski definition) is 4. The molecule has 5 nitrogen and oxygen atoms in total. The summed E-state index contributed by atoms with van der Waals surface area (Å²) in [4.78, 5) is 6.63. The lowest BCUT2D eigenvalue weighted by atomic mass is 10.2. The second kappa shape index (κ2) is 5.02. The van der Waals surface area contributed by atoms with Crippen LogP contribution >= 0.6 is 0 Å². The van der Waals surface area contributed by atoms with Gasteiger partial charge in [0, 0.05) is 0 Å². The van der Waals surface area contributed by atoms with Crippen molar-refractivity contribution in [3.05, 3.63) is 29.6 Å². The Labute approximate surface area is 105 Å². The lowest BCUT2D eigenvalue weighted by Gasteiger charge is -2.19. The van der Waals surface area contributed by atoms with Gasteiger partial charge >= 0.3 is 0 Å². The second-order valence-corrected chi connectivity index (χ2v) is 6.20. The fourth-order valence-electron chi connectivity index (χ4n) is 0.985. The molecule has 0 saturated heterocycles. The van der Waals surface area contributed by atoms with Crippen molar-refractivity contribution in [1.82, 2.24) is 4.89 Å². The molecule has 1 N–H and O–H groups in total. The molecule has 0 spiro atoms. The van der Waals surface area contributed by atoms with Crippen molar-refractivity contribution in [3.63, 3.8) is 0 Å². The average molecular weight is 272 g/mol. The topological polar surface area (TPSA) is 79.2 Å². The lowest BCUT2D eigenvalue weighted by molar-refractivity contribution is -0.0357. The van der Waals surface area contributed by atoms with Crippen LogP contribution < -0.4 is 4.89 Å².